The molecular weight excluding hydrogens is 400 g/mol. The number of ketones is 2. The van der Waals surface area contributed by atoms with Crippen molar-refractivity contribution in [2.45, 2.75) is 41.5 Å². The minimum absolute atomic E-state index is 0.0306. The second-order valence-electron chi connectivity index (χ2n) is 9.50. The Hall–Kier alpha value is -4.26. The SMILES string of the molecule is CC(C)(C)C1=CC(=C(C#N)C#N)C=C(C2=CC(=C(C#N)C#N)C=C(C(C)(C)C)C2=O)C1=O. The molecule has 2 rings (SSSR count). The van der Waals surface area contributed by atoms with Gasteiger partial charge < -0.3 is 0 Å². The molecule has 0 aliphatic heterocycles. The maximum atomic E-state index is 13.5. The van der Waals surface area contributed by atoms with E-state index in [-0.39, 0.29) is 33.4 Å². The molecule has 6 heteroatoms. The van der Waals surface area contributed by atoms with Crippen LogP contribution >= 0.6 is 0 Å². The van der Waals surface area contributed by atoms with Crippen LogP contribution < -0.4 is 0 Å². The number of rotatable bonds is 1. The van der Waals surface area contributed by atoms with E-state index in [2.05, 4.69) is 0 Å². The van der Waals surface area contributed by atoms with Crippen LogP contribution in [0.1, 0.15) is 41.5 Å². The molecule has 0 spiro atoms. The molecule has 0 radical (unpaired) electrons. The van der Waals surface area contributed by atoms with Gasteiger partial charge in [-0.1, -0.05) is 41.5 Å². The average molecular weight is 422 g/mol. The molecule has 0 aromatic heterocycles. The lowest BCUT2D eigenvalue weighted by molar-refractivity contribution is -0.116. The maximum absolute atomic E-state index is 13.5. The first-order valence-corrected chi connectivity index (χ1v) is 9.86. The van der Waals surface area contributed by atoms with E-state index < -0.39 is 22.4 Å². The van der Waals surface area contributed by atoms with E-state index in [1.165, 1.54) is 24.3 Å². The summed E-state index contributed by atoms with van der Waals surface area (Å²) in [5.41, 5.74) is -0.381. The monoisotopic (exact) mass is 422 g/mol. The summed E-state index contributed by atoms with van der Waals surface area (Å²) in [6, 6.07) is 7.31. The lowest BCUT2D eigenvalue weighted by Crippen LogP contribution is -2.28. The molecule has 32 heavy (non-hydrogen) atoms. The summed E-state index contributed by atoms with van der Waals surface area (Å²) in [7, 11) is 0. The van der Waals surface area contributed by atoms with Gasteiger partial charge in [-0.3, -0.25) is 9.59 Å². The Morgan fingerprint density at radius 2 is 0.875 bits per heavy atom. The van der Waals surface area contributed by atoms with Crippen LogP contribution in [-0.2, 0) is 9.59 Å². The van der Waals surface area contributed by atoms with E-state index in [0.29, 0.717) is 11.1 Å². The van der Waals surface area contributed by atoms with Crippen molar-refractivity contribution >= 4 is 11.6 Å². The summed E-state index contributed by atoms with van der Waals surface area (Å²) in [5, 5.41) is 37.5. The zero-order valence-electron chi connectivity index (χ0n) is 18.9. The highest BCUT2D eigenvalue weighted by Crippen LogP contribution is 2.40. The lowest BCUT2D eigenvalue weighted by atomic mass is 9.71. The Morgan fingerprint density at radius 3 is 1.09 bits per heavy atom. The standard InChI is InChI=1S/C26H22N4O2/c1-25(2,3)21-9-15(17(11-27)12-28)7-19(23(21)31)20-8-16(18(13-29)14-30)10-22(24(20)32)26(4,5)6/h7-10H,1-6H3. The molecule has 0 atom stereocenters. The maximum Gasteiger partial charge on any atom is 0.190 e. The highest BCUT2D eigenvalue weighted by Gasteiger charge is 2.37. The smallest absolute Gasteiger partial charge is 0.190 e. The molecule has 2 aliphatic rings. The molecule has 0 aromatic rings. The van der Waals surface area contributed by atoms with E-state index in [0.717, 1.165) is 0 Å². The van der Waals surface area contributed by atoms with Gasteiger partial charge in [0.1, 0.15) is 35.4 Å². The van der Waals surface area contributed by atoms with Crippen molar-refractivity contribution in [3.63, 3.8) is 0 Å². The molecule has 158 valence electrons. The molecule has 0 unspecified atom stereocenters. The van der Waals surface area contributed by atoms with E-state index in [4.69, 9.17) is 0 Å². The van der Waals surface area contributed by atoms with Crippen LogP contribution in [0, 0.1) is 56.2 Å². The molecule has 0 aromatic carbocycles. The van der Waals surface area contributed by atoms with Gasteiger partial charge in [0.15, 0.2) is 11.6 Å². The summed E-state index contributed by atoms with van der Waals surface area (Å²) >= 11 is 0. The molecule has 0 saturated carbocycles. The first kappa shape index (κ1) is 24.0. The molecular formula is C26H22N4O2. The molecule has 0 bridgehead atoms. The van der Waals surface area contributed by atoms with Crippen LogP contribution in [0.4, 0.5) is 0 Å². The van der Waals surface area contributed by atoms with Crippen LogP contribution in [-0.4, -0.2) is 11.6 Å². The number of allylic oxidation sites excluding steroid dienone is 12. The van der Waals surface area contributed by atoms with Crippen molar-refractivity contribution in [3.05, 3.63) is 68.9 Å². The summed E-state index contributed by atoms with van der Waals surface area (Å²) in [6.07, 6.45) is 5.75. The van der Waals surface area contributed by atoms with Gasteiger partial charge in [-0.05, 0) is 35.1 Å². The van der Waals surface area contributed by atoms with Gasteiger partial charge in [-0.15, -0.1) is 0 Å². The fourth-order valence-electron chi connectivity index (χ4n) is 3.37. The number of nitrogens with zero attached hydrogens (tertiary/aromatic N) is 4. The number of hydrogen-bond acceptors (Lipinski definition) is 6. The normalized spacial score (nSPS) is 16.4. The molecule has 0 N–H and O–H groups in total. The summed E-state index contributed by atoms with van der Waals surface area (Å²) < 4.78 is 0. The zero-order valence-corrected chi connectivity index (χ0v) is 18.9. The Kier molecular flexibility index (Phi) is 6.35. The van der Waals surface area contributed by atoms with Gasteiger partial charge in [0.2, 0.25) is 0 Å². The zero-order chi connectivity index (χ0) is 24.4. The number of carbonyl (C=O) groups is 2. The topological polar surface area (TPSA) is 129 Å². The number of nitriles is 4. The Balaban J connectivity index is 2.93. The number of Topliss-reactive ketones (excluding diaryl/α,β-unsaturated/α-hetero) is 2. The highest BCUT2D eigenvalue weighted by atomic mass is 16.1. The van der Waals surface area contributed by atoms with Crippen molar-refractivity contribution in [3.8, 4) is 24.3 Å². The van der Waals surface area contributed by atoms with Crippen LogP contribution in [0.15, 0.2) is 68.9 Å². The van der Waals surface area contributed by atoms with Crippen molar-refractivity contribution in [2.75, 3.05) is 0 Å². The van der Waals surface area contributed by atoms with Gasteiger partial charge in [-0.2, -0.15) is 21.0 Å². The van der Waals surface area contributed by atoms with Gasteiger partial charge >= 0.3 is 0 Å². The minimum Gasteiger partial charge on any atom is -0.289 e. The fourth-order valence-corrected chi connectivity index (χ4v) is 3.37. The molecule has 2 aliphatic carbocycles. The van der Waals surface area contributed by atoms with Gasteiger partial charge in [0, 0.05) is 33.4 Å². The van der Waals surface area contributed by atoms with E-state index in [1.807, 2.05) is 65.8 Å². The van der Waals surface area contributed by atoms with Crippen LogP contribution in [0.2, 0.25) is 0 Å². The Labute approximate surface area is 188 Å². The van der Waals surface area contributed by atoms with E-state index >= 15 is 0 Å². The predicted molar refractivity (Wildman–Crippen MR) is 118 cm³/mol. The quantitative estimate of drug-likeness (QED) is 0.566. The summed E-state index contributed by atoms with van der Waals surface area (Å²) in [4.78, 5) is 26.9. The van der Waals surface area contributed by atoms with Crippen LogP contribution in [0.5, 0.6) is 0 Å². The summed E-state index contributed by atoms with van der Waals surface area (Å²) in [6.45, 7) is 10.9. The highest BCUT2D eigenvalue weighted by molar-refractivity contribution is 6.25. The van der Waals surface area contributed by atoms with Crippen molar-refractivity contribution in [1.29, 1.82) is 21.0 Å². The van der Waals surface area contributed by atoms with Crippen molar-refractivity contribution < 1.29 is 9.59 Å². The first-order chi connectivity index (χ1) is 14.8. The molecule has 0 saturated heterocycles. The van der Waals surface area contributed by atoms with E-state index in [9.17, 15) is 30.6 Å². The number of hydrogen-bond donors (Lipinski definition) is 0. The molecule has 0 amide bonds. The minimum atomic E-state index is -0.623. The predicted octanol–water partition coefficient (Wildman–Crippen LogP) is 4.64. The largest absolute Gasteiger partial charge is 0.289 e. The Morgan fingerprint density at radius 1 is 0.594 bits per heavy atom. The Bertz CT molecular complexity index is 1150. The molecule has 0 fully saturated rings. The lowest BCUT2D eigenvalue weighted by Gasteiger charge is -2.30. The first-order valence-electron chi connectivity index (χ1n) is 9.86. The van der Waals surface area contributed by atoms with Gasteiger partial charge in [0.25, 0.3) is 0 Å². The van der Waals surface area contributed by atoms with E-state index in [1.54, 1.807) is 0 Å². The van der Waals surface area contributed by atoms with Gasteiger partial charge in [0.05, 0.1) is 0 Å². The molecule has 0 heterocycles. The van der Waals surface area contributed by atoms with Gasteiger partial charge in [-0.25, -0.2) is 0 Å². The van der Waals surface area contributed by atoms with Crippen molar-refractivity contribution in [2.24, 2.45) is 10.8 Å². The second kappa shape index (κ2) is 8.47. The molecule has 6 nitrogen and oxygen atoms in total. The second-order valence-corrected chi connectivity index (χ2v) is 9.50. The fraction of sp³-hybridized carbons (Fsp3) is 0.308. The average Bonchev–Trinajstić information content (AvgIpc) is 2.70. The van der Waals surface area contributed by atoms with Crippen molar-refractivity contribution in [1.82, 2.24) is 0 Å². The summed E-state index contributed by atoms with van der Waals surface area (Å²) in [5.74, 6) is -0.804. The van der Waals surface area contributed by atoms with Crippen LogP contribution in [0.3, 0.4) is 0 Å². The van der Waals surface area contributed by atoms with Crippen LogP contribution in [0.25, 0.3) is 0 Å². The third-order valence-electron chi connectivity index (χ3n) is 5.11. The third-order valence-corrected chi connectivity index (χ3v) is 5.11. The third kappa shape index (κ3) is 4.41. The number of carbonyl (C=O) groups excluding carboxylic acids is 2.